The van der Waals surface area contributed by atoms with Crippen LogP contribution in [0.25, 0.3) is 0 Å². The van der Waals surface area contributed by atoms with Gasteiger partial charge in [0.1, 0.15) is 8.64 Å². The van der Waals surface area contributed by atoms with Gasteiger partial charge in [-0.2, -0.15) is 0 Å². The van der Waals surface area contributed by atoms with E-state index in [0.29, 0.717) is 23.5 Å². The SMILES string of the molecule is S=C([SH2]Cc1ccccc1)N(Cc1ccccc1)SSN(Cc1ccccc1)C(=S)[SH2]Cc1ccccc1. The number of rotatable bonds is 11. The van der Waals surface area contributed by atoms with Gasteiger partial charge < -0.3 is 0 Å². The highest BCUT2D eigenvalue weighted by Gasteiger charge is 2.17. The van der Waals surface area contributed by atoms with E-state index in [-0.39, 0.29) is 0 Å². The number of hydrogen-bond acceptors (Lipinski definition) is 4. The fourth-order valence-electron chi connectivity index (χ4n) is 3.57. The molecule has 0 bridgehead atoms. The molecule has 0 aromatic heterocycles. The van der Waals surface area contributed by atoms with E-state index in [1.807, 2.05) is 0 Å². The second kappa shape index (κ2) is 16.2. The summed E-state index contributed by atoms with van der Waals surface area (Å²) < 4.78 is 6.48. The second-order valence-corrected chi connectivity index (χ2v) is 14.4. The molecule has 198 valence electrons. The van der Waals surface area contributed by atoms with Crippen molar-refractivity contribution in [1.29, 1.82) is 0 Å². The van der Waals surface area contributed by atoms with E-state index in [1.165, 1.54) is 22.3 Å². The summed E-state index contributed by atoms with van der Waals surface area (Å²) in [6.45, 7) is 1.52. The first-order chi connectivity index (χ1) is 18.7. The highest BCUT2D eigenvalue weighted by Crippen LogP contribution is 2.37. The number of benzene rings is 4. The molecule has 8 heteroatoms. The minimum Gasteiger partial charge on any atom is -0.288 e. The lowest BCUT2D eigenvalue weighted by atomic mass is 10.2. The number of nitrogens with zero attached hydrogens (tertiary/aromatic N) is 2. The van der Waals surface area contributed by atoms with Gasteiger partial charge in [-0.1, -0.05) is 146 Å². The van der Waals surface area contributed by atoms with Gasteiger partial charge in [0.25, 0.3) is 0 Å². The third-order valence-electron chi connectivity index (χ3n) is 5.58. The largest absolute Gasteiger partial charge is 0.288 e. The van der Waals surface area contributed by atoms with Crippen molar-refractivity contribution < 1.29 is 0 Å². The maximum atomic E-state index is 5.99. The van der Waals surface area contributed by atoms with Crippen LogP contribution in [0.15, 0.2) is 121 Å². The monoisotopic (exact) mass is 612 g/mol. The Bertz CT molecular complexity index is 1160. The molecule has 0 N–H and O–H groups in total. The maximum Gasteiger partial charge on any atom is 0.125 e. The van der Waals surface area contributed by atoms with Gasteiger partial charge in [-0.3, -0.25) is 8.61 Å². The van der Waals surface area contributed by atoms with Gasteiger partial charge in [0.15, 0.2) is 0 Å². The van der Waals surface area contributed by atoms with Crippen LogP contribution < -0.4 is 0 Å². The molecule has 0 heterocycles. The van der Waals surface area contributed by atoms with Gasteiger partial charge in [-0.25, -0.2) is 23.5 Å². The van der Waals surface area contributed by atoms with E-state index in [0.717, 1.165) is 33.2 Å². The van der Waals surface area contributed by atoms with E-state index in [1.54, 1.807) is 22.0 Å². The number of thiocarbonyl (C=S) groups is 2. The quantitative estimate of drug-likeness (QED) is 0.0944. The topological polar surface area (TPSA) is 6.48 Å². The summed E-state index contributed by atoms with van der Waals surface area (Å²) in [6, 6.07) is 42.3. The Balaban J connectivity index is 1.44. The summed E-state index contributed by atoms with van der Waals surface area (Å²) in [5, 5.41) is 0. The summed E-state index contributed by atoms with van der Waals surface area (Å²) in [7, 11) is 3.39. The van der Waals surface area contributed by atoms with Crippen molar-refractivity contribution in [2.45, 2.75) is 24.6 Å². The first-order valence-electron chi connectivity index (χ1n) is 12.3. The standard InChI is InChI=1S/C30H32N2S6/c33-29(35-23-27-17-9-3-10-18-27)31(21-25-13-5-1-6-14-25)37-38-32(22-26-15-7-2-8-16-26)30(34)36-24-28-19-11-4-12-20-28/h1-20H,21-24,35-36H2. The van der Waals surface area contributed by atoms with Gasteiger partial charge in [0, 0.05) is 33.5 Å². The van der Waals surface area contributed by atoms with Crippen molar-refractivity contribution in [2.24, 2.45) is 0 Å². The van der Waals surface area contributed by atoms with Crippen LogP contribution in [0.1, 0.15) is 22.3 Å². The molecule has 0 unspecified atom stereocenters. The molecule has 0 saturated carbocycles. The Kier molecular flexibility index (Phi) is 12.4. The van der Waals surface area contributed by atoms with Crippen molar-refractivity contribution in [3.63, 3.8) is 0 Å². The van der Waals surface area contributed by atoms with Gasteiger partial charge >= 0.3 is 0 Å². The summed E-state index contributed by atoms with van der Waals surface area (Å²) >= 11 is 13.1. The molecule has 0 amide bonds. The average molecular weight is 613 g/mol. The van der Waals surface area contributed by atoms with Crippen LogP contribution in [-0.2, 0) is 24.6 Å². The molecular weight excluding hydrogens is 581 g/mol. The summed E-state index contributed by atoms with van der Waals surface area (Å²) in [5.74, 6) is 1.92. The predicted molar refractivity (Wildman–Crippen MR) is 185 cm³/mol. The maximum absolute atomic E-state index is 5.99. The van der Waals surface area contributed by atoms with Crippen LogP contribution >= 0.6 is 69.9 Å². The predicted octanol–water partition coefficient (Wildman–Crippen LogP) is 8.57. The van der Waals surface area contributed by atoms with Gasteiger partial charge in [0.05, 0.1) is 13.1 Å². The number of hydrogen-bond donors (Lipinski definition) is 0. The van der Waals surface area contributed by atoms with Crippen LogP contribution in [0.2, 0.25) is 0 Å². The van der Waals surface area contributed by atoms with E-state index >= 15 is 0 Å². The summed E-state index contributed by atoms with van der Waals surface area (Å²) in [6.07, 6.45) is 0. The molecule has 4 aromatic rings. The third kappa shape index (κ3) is 9.98. The van der Waals surface area contributed by atoms with Crippen molar-refractivity contribution in [3.8, 4) is 0 Å². The van der Waals surface area contributed by atoms with Crippen molar-refractivity contribution in [1.82, 2.24) is 8.61 Å². The van der Waals surface area contributed by atoms with E-state index < -0.39 is 0 Å². The molecule has 4 rings (SSSR count). The molecular formula is C30H32N2S6. The van der Waals surface area contributed by atoms with E-state index in [9.17, 15) is 0 Å². The minimum absolute atomic E-state index is 0.542. The van der Waals surface area contributed by atoms with E-state index in [2.05, 4.69) is 130 Å². The first kappa shape index (κ1) is 29.1. The molecule has 4 aromatic carbocycles. The Morgan fingerprint density at radius 2 is 0.763 bits per heavy atom. The normalized spacial score (nSPS) is 11.7. The van der Waals surface area contributed by atoms with Crippen LogP contribution in [-0.4, -0.2) is 17.3 Å². The average Bonchev–Trinajstić information content (AvgIpc) is 2.98. The molecule has 0 aliphatic carbocycles. The lowest BCUT2D eigenvalue weighted by Crippen LogP contribution is -2.23. The molecule has 0 radical (unpaired) electrons. The fourth-order valence-corrected chi connectivity index (χ4v) is 9.33. The molecule has 38 heavy (non-hydrogen) atoms. The highest BCUT2D eigenvalue weighted by atomic mass is 33.1. The van der Waals surface area contributed by atoms with E-state index in [4.69, 9.17) is 24.4 Å². The highest BCUT2D eigenvalue weighted by molar-refractivity contribution is 8.75. The Morgan fingerprint density at radius 1 is 0.474 bits per heavy atom. The zero-order chi connectivity index (χ0) is 26.4. The van der Waals surface area contributed by atoms with Gasteiger partial charge in [-0.05, 0) is 22.3 Å². The van der Waals surface area contributed by atoms with Crippen molar-refractivity contribution >= 4 is 78.6 Å². The summed E-state index contributed by atoms with van der Waals surface area (Å²) in [4.78, 5) is 0. The fraction of sp³-hybridized carbons (Fsp3) is 0.133. The zero-order valence-electron chi connectivity index (χ0n) is 20.9. The first-order valence-corrected chi connectivity index (χ1v) is 17.6. The van der Waals surface area contributed by atoms with Gasteiger partial charge in [-0.15, -0.1) is 0 Å². The summed E-state index contributed by atoms with van der Waals surface area (Å²) in [5.41, 5.74) is 5.13. The third-order valence-corrected chi connectivity index (χ3v) is 12.1. The molecule has 0 saturated heterocycles. The van der Waals surface area contributed by atoms with Crippen molar-refractivity contribution in [2.75, 3.05) is 0 Å². The van der Waals surface area contributed by atoms with Crippen molar-refractivity contribution in [3.05, 3.63) is 144 Å². The lowest BCUT2D eigenvalue weighted by Gasteiger charge is -2.29. The van der Waals surface area contributed by atoms with Gasteiger partial charge in [0.2, 0.25) is 0 Å². The zero-order valence-corrected chi connectivity index (χ0v) is 26.2. The molecule has 0 spiro atoms. The Labute approximate surface area is 253 Å². The lowest BCUT2D eigenvalue weighted by molar-refractivity contribution is 0.688. The molecule has 2 nitrogen and oxygen atoms in total. The minimum atomic E-state index is 0.542. The van der Waals surface area contributed by atoms with Crippen LogP contribution in [0.4, 0.5) is 0 Å². The van der Waals surface area contributed by atoms with Crippen LogP contribution in [0.5, 0.6) is 0 Å². The molecule has 0 fully saturated rings. The Hall–Kier alpha value is -1.94. The molecule has 0 atom stereocenters. The second-order valence-electron chi connectivity index (χ2n) is 8.48. The Morgan fingerprint density at radius 3 is 1.08 bits per heavy atom. The van der Waals surface area contributed by atoms with Crippen LogP contribution in [0.3, 0.4) is 0 Å². The molecule has 0 aliphatic rings. The van der Waals surface area contributed by atoms with Crippen LogP contribution in [0, 0.1) is 0 Å². The molecule has 0 aliphatic heterocycles. The smallest absolute Gasteiger partial charge is 0.125 e.